The molecule has 3 rings (SSSR count). The topological polar surface area (TPSA) is 25.2 Å². The molecule has 0 spiro atoms. The Labute approximate surface area is 118 Å². The number of aryl methyl sites for hydroxylation is 1. The fraction of sp³-hybridized carbons (Fsp3) is 0.412. The van der Waals surface area contributed by atoms with Gasteiger partial charge < -0.3 is 9.67 Å². The second-order valence-corrected chi connectivity index (χ2v) is 6.58. The third-order valence-electron chi connectivity index (χ3n) is 4.20. The Morgan fingerprint density at radius 2 is 2.05 bits per heavy atom. The molecule has 106 valence electrons. The third-order valence-corrected chi connectivity index (χ3v) is 4.20. The van der Waals surface area contributed by atoms with Crippen LogP contribution in [-0.4, -0.2) is 9.67 Å². The second-order valence-electron chi connectivity index (χ2n) is 6.58. The van der Waals surface area contributed by atoms with Gasteiger partial charge in [-0.3, -0.25) is 0 Å². The molecule has 0 bridgehead atoms. The molecule has 1 atom stereocenters. The average Bonchev–Trinajstić information content (AvgIpc) is 2.71. The van der Waals surface area contributed by atoms with Gasteiger partial charge in [-0.2, -0.15) is 0 Å². The van der Waals surface area contributed by atoms with Crippen LogP contribution in [0.4, 0.5) is 4.39 Å². The number of fused-ring (bicyclic) bond motifs is 1. The highest BCUT2D eigenvalue weighted by atomic mass is 19.1. The van der Waals surface area contributed by atoms with Crippen molar-refractivity contribution in [3.8, 4) is 5.69 Å². The molecule has 2 nitrogen and oxygen atoms in total. The lowest BCUT2D eigenvalue weighted by molar-refractivity contribution is 0.0987. The van der Waals surface area contributed by atoms with E-state index in [1.54, 1.807) is 12.1 Å². The number of halogens is 1. The molecule has 0 aliphatic heterocycles. The lowest BCUT2D eigenvalue weighted by atomic mass is 9.75. The van der Waals surface area contributed by atoms with Gasteiger partial charge >= 0.3 is 0 Å². The Morgan fingerprint density at radius 3 is 2.75 bits per heavy atom. The first-order chi connectivity index (χ1) is 9.37. The van der Waals surface area contributed by atoms with E-state index in [9.17, 15) is 9.50 Å². The summed E-state index contributed by atoms with van der Waals surface area (Å²) in [6.07, 6.45) is 3.28. The van der Waals surface area contributed by atoms with Crippen LogP contribution in [0.15, 0.2) is 30.5 Å². The second kappa shape index (κ2) is 4.45. The molecule has 0 saturated carbocycles. The van der Waals surface area contributed by atoms with E-state index in [0.29, 0.717) is 0 Å². The van der Waals surface area contributed by atoms with Gasteiger partial charge in [0.25, 0.3) is 0 Å². The van der Waals surface area contributed by atoms with Crippen molar-refractivity contribution in [3.05, 3.63) is 53.1 Å². The number of aromatic nitrogens is 1. The zero-order valence-electron chi connectivity index (χ0n) is 12.2. The van der Waals surface area contributed by atoms with Crippen LogP contribution in [0, 0.1) is 18.2 Å². The van der Waals surface area contributed by atoms with Crippen LogP contribution in [0.3, 0.4) is 0 Å². The Morgan fingerprint density at radius 1 is 1.30 bits per heavy atom. The molecule has 1 aliphatic carbocycles. The van der Waals surface area contributed by atoms with Gasteiger partial charge in [0.05, 0.1) is 6.10 Å². The highest BCUT2D eigenvalue weighted by Gasteiger charge is 2.33. The van der Waals surface area contributed by atoms with Crippen LogP contribution in [0.25, 0.3) is 5.69 Å². The van der Waals surface area contributed by atoms with Crippen molar-refractivity contribution < 1.29 is 9.50 Å². The fourth-order valence-electron chi connectivity index (χ4n) is 3.24. The van der Waals surface area contributed by atoms with Crippen LogP contribution in [0.1, 0.15) is 43.2 Å². The summed E-state index contributed by atoms with van der Waals surface area (Å²) in [4.78, 5) is 0. The van der Waals surface area contributed by atoms with Crippen molar-refractivity contribution in [1.29, 1.82) is 0 Å². The van der Waals surface area contributed by atoms with Crippen LogP contribution < -0.4 is 0 Å². The number of benzene rings is 1. The third kappa shape index (κ3) is 2.16. The first kappa shape index (κ1) is 13.4. The predicted octanol–water partition coefficient (Wildman–Crippen LogP) is 3.93. The summed E-state index contributed by atoms with van der Waals surface area (Å²) >= 11 is 0. The van der Waals surface area contributed by atoms with E-state index in [2.05, 4.69) is 18.4 Å². The molecule has 1 aromatic heterocycles. The van der Waals surface area contributed by atoms with Crippen molar-refractivity contribution in [3.63, 3.8) is 0 Å². The van der Waals surface area contributed by atoms with E-state index in [4.69, 9.17) is 0 Å². The zero-order valence-corrected chi connectivity index (χ0v) is 12.2. The predicted molar refractivity (Wildman–Crippen MR) is 77.5 cm³/mol. The smallest absolute Gasteiger partial charge is 0.123 e. The van der Waals surface area contributed by atoms with Crippen molar-refractivity contribution in [2.45, 2.75) is 39.7 Å². The minimum absolute atomic E-state index is 0.0798. The van der Waals surface area contributed by atoms with E-state index in [0.717, 1.165) is 35.3 Å². The normalized spacial score (nSPS) is 20.8. The number of aliphatic hydroxyl groups is 1. The Bertz CT molecular complexity index is 657. The molecule has 1 heterocycles. The van der Waals surface area contributed by atoms with Gasteiger partial charge in [0.2, 0.25) is 0 Å². The van der Waals surface area contributed by atoms with Gasteiger partial charge in [-0.1, -0.05) is 13.8 Å². The highest BCUT2D eigenvalue weighted by Crippen LogP contribution is 2.42. The minimum atomic E-state index is -0.407. The average molecular weight is 273 g/mol. The maximum Gasteiger partial charge on any atom is 0.123 e. The molecular formula is C17H20FNO. The van der Waals surface area contributed by atoms with E-state index in [1.165, 1.54) is 6.07 Å². The van der Waals surface area contributed by atoms with Gasteiger partial charge in [-0.05, 0) is 55.0 Å². The van der Waals surface area contributed by atoms with Gasteiger partial charge in [0.15, 0.2) is 0 Å². The molecule has 1 aromatic carbocycles. The molecule has 1 N–H and O–H groups in total. The van der Waals surface area contributed by atoms with Gasteiger partial charge in [-0.25, -0.2) is 4.39 Å². The van der Waals surface area contributed by atoms with Crippen molar-refractivity contribution >= 4 is 0 Å². The molecule has 1 aliphatic rings. The maximum atomic E-state index is 13.3. The van der Waals surface area contributed by atoms with E-state index >= 15 is 0 Å². The summed E-state index contributed by atoms with van der Waals surface area (Å²) in [5.74, 6) is -0.215. The zero-order chi connectivity index (χ0) is 14.5. The van der Waals surface area contributed by atoms with Gasteiger partial charge in [-0.15, -0.1) is 0 Å². The SMILES string of the molecule is Cc1cc(F)ccc1-n1ccc2c1CC(C)(C)CC2O. The maximum absolute atomic E-state index is 13.3. The summed E-state index contributed by atoms with van der Waals surface area (Å²) in [6, 6.07) is 6.82. The molecule has 1 unspecified atom stereocenters. The lowest BCUT2D eigenvalue weighted by Gasteiger charge is -2.34. The van der Waals surface area contributed by atoms with Crippen LogP contribution in [0.5, 0.6) is 0 Å². The summed E-state index contributed by atoms with van der Waals surface area (Å²) in [7, 11) is 0. The van der Waals surface area contributed by atoms with Gasteiger partial charge in [0.1, 0.15) is 5.82 Å². The van der Waals surface area contributed by atoms with Crippen LogP contribution in [0.2, 0.25) is 0 Å². The molecule has 0 saturated heterocycles. The largest absolute Gasteiger partial charge is 0.388 e. The first-order valence-electron chi connectivity index (χ1n) is 7.02. The van der Waals surface area contributed by atoms with Crippen molar-refractivity contribution in [1.82, 2.24) is 4.57 Å². The molecule has 2 aromatic rings. The van der Waals surface area contributed by atoms with E-state index in [1.807, 2.05) is 19.2 Å². The number of rotatable bonds is 1. The van der Waals surface area contributed by atoms with Gasteiger partial charge in [0, 0.05) is 23.1 Å². The quantitative estimate of drug-likeness (QED) is 0.836. The van der Waals surface area contributed by atoms with E-state index < -0.39 is 6.10 Å². The number of nitrogens with zero attached hydrogens (tertiary/aromatic N) is 1. The minimum Gasteiger partial charge on any atom is -0.388 e. The highest BCUT2D eigenvalue weighted by molar-refractivity contribution is 5.45. The lowest BCUT2D eigenvalue weighted by Crippen LogP contribution is -2.26. The monoisotopic (exact) mass is 273 g/mol. The Balaban J connectivity index is 2.13. The first-order valence-corrected chi connectivity index (χ1v) is 7.02. The molecule has 3 heteroatoms. The molecule has 20 heavy (non-hydrogen) atoms. The summed E-state index contributed by atoms with van der Waals surface area (Å²) < 4.78 is 15.4. The van der Waals surface area contributed by atoms with Crippen LogP contribution >= 0.6 is 0 Å². The van der Waals surface area contributed by atoms with Crippen LogP contribution in [-0.2, 0) is 6.42 Å². The number of hydrogen-bond donors (Lipinski definition) is 1. The van der Waals surface area contributed by atoms with Crippen molar-refractivity contribution in [2.75, 3.05) is 0 Å². The van der Waals surface area contributed by atoms with Crippen molar-refractivity contribution in [2.24, 2.45) is 5.41 Å². The molecule has 0 fully saturated rings. The fourth-order valence-corrected chi connectivity index (χ4v) is 3.24. The summed E-state index contributed by atoms with van der Waals surface area (Å²) in [6.45, 7) is 6.26. The molecule has 0 amide bonds. The Hall–Kier alpha value is -1.61. The molecular weight excluding hydrogens is 253 g/mol. The summed E-state index contributed by atoms with van der Waals surface area (Å²) in [5, 5.41) is 10.3. The Kier molecular flexibility index (Phi) is 2.98. The number of hydrogen-bond acceptors (Lipinski definition) is 1. The standard InChI is InChI=1S/C17H20FNO/c1-11-8-12(18)4-5-14(11)19-7-6-13-15(19)9-17(2,3)10-16(13)20/h4-8,16,20H,9-10H2,1-3H3. The summed E-state index contributed by atoms with van der Waals surface area (Å²) in [5.41, 5.74) is 4.12. The van der Waals surface area contributed by atoms with E-state index in [-0.39, 0.29) is 11.2 Å². The molecule has 0 radical (unpaired) electrons. The number of aliphatic hydroxyl groups excluding tert-OH is 1.